The highest BCUT2D eigenvalue weighted by Crippen LogP contribution is 2.15. The Morgan fingerprint density at radius 1 is 1.19 bits per heavy atom. The van der Waals surface area contributed by atoms with Gasteiger partial charge in [-0.3, -0.25) is 19.7 Å². The monoisotopic (exact) mass is 294 g/mol. The van der Waals surface area contributed by atoms with Gasteiger partial charge in [-0.25, -0.2) is 4.79 Å². The van der Waals surface area contributed by atoms with Crippen molar-refractivity contribution in [2.75, 3.05) is 5.32 Å². The van der Waals surface area contributed by atoms with E-state index in [1.807, 2.05) is 0 Å². The number of rotatable bonds is 6. The summed E-state index contributed by atoms with van der Waals surface area (Å²) < 4.78 is 0. The summed E-state index contributed by atoms with van der Waals surface area (Å²) in [6, 6.07) is 4.85. The predicted molar refractivity (Wildman–Crippen MR) is 69.7 cm³/mol. The van der Waals surface area contributed by atoms with Gasteiger partial charge in [-0.05, 0) is 12.1 Å². The summed E-state index contributed by atoms with van der Waals surface area (Å²) >= 11 is 0. The van der Waals surface area contributed by atoms with Crippen LogP contribution in [0.2, 0.25) is 0 Å². The van der Waals surface area contributed by atoms with Gasteiger partial charge in [-0.2, -0.15) is 0 Å². The number of non-ortho nitro benzene ring substituents is 1. The van der Waals surface area contributed by atoms with Crippen LogP contribution < -0.4 is 5.32 Å². The zero-order valence-corrected chi connectivity index (χ0v) is 10.5. The second-order valence-corrected chi connectivity index (χ2v) is 3.84. The Bertz CT molecular complexity index is 619. The lowest BCUT2D eigenvalue weighted by atomic mass is 10.1. The highest BCUT2D eigenvalue weighted by molar-refractivity contribution is 6.05. The molecule has 0 aliphatic heterocycles. The minimum Gasteiger partial charge on any atom is -0.481 e. The number of nitro groups is 1. The third kappa shape index (κ3) is 5.11. The van der Waals surface area contributed by atoms with Crippen LogP contribution in [0, 0.1) is 10.1 Å². The molecule has 110 valence electrons. The minimum atomic E-state index is -1.52. The zero-order chi connectivity index (χ0) is 16.0. The number of benzene rings is 1. The molecular formula is C12H10N2O7. The maximum atomic E-state index is 11.5. The number of carbonyl (C=O) groups excluding carboxylic acids is 1. The fraction of sp³-hybridized carbons (Fsp3) is 0.0833. The van der Waals surface area contributed by atoms with Crippen LogP contribution in [0.25, 0.3) is 0 Å². The number of hydrogen-bond donors (Lipinski definition) is 3. The van der Waals surface area contributed by atoms with Crippen LogP contribution in [0.4, 0.5) is 11.4 Å². The molecule has 0 radical (unpaired) electrons. The standard InChI is InChI=1S/C12H10N2O7/c15-10(5-7(12(18)19)6-11(16)17)13-8-1-3-9(4-2-8)14(20)21/h1-5H,6H2,(H,13,15)(H,16,17)(H,18,19)/b7-5-. The molecule has 21 heavy (non-hydrogen) atoms. The number of aliphatic carboxylic acids is 2. The molecule has 3 N–H and O–H groups in total. The summed E-state index contributed by atoms with van der Waals surface area (Å²) in [5.74, 6) is -3.74. The van der Waals surface area contributed by atoms with Gasteiger partial charge in [-0.1, -0.05) is 0 Å². The second kappa shape index (κ2) is 6.80. The van der Waals surface area contributed by atoms with Crippen molar-refractivity contribution >= 4 is 29.2 Å². The lowest BCUT2D eigenvalue weighted by molar-refractivity contribution is -0.384. The molecule has 9 nitrogen and oxygen atoms in total. The van der Waals surface area contributed by atoms with Gasteiger partial charge in [0.05, 0.1) is 16.9 Å². The molecule has 0 unspecified atom stereocenters. The first-order chi connectivity index (χ1) is 9.79. The molecular weight excluding hydrogens is 284 g/mol. The Balaban J connectivity index is 2.81. The van der Waals surface area contributed by atoms with E-state index in [1.165, 1.54) is 12.1 Å². The average Bonchev–Trinajstić information content (AvgIpc) is 2.37. The highest BCUT2D eigenvalue weighted by Gasteiger charge is 2.14. The lowest BCUT2D eigenvalue weighted by Crippen LogP contribution is -2.13. The number of nitrogens with one attached hydrogen (secondary N) is 1. The number of carboxylic acids is 2. The fourth-order valence-corrected chi connectivity index (χ4v) is 1.35. The summed E-state index contributed by atoms with van der Waals surface area (Å²) in [7, 11) is 0. The van der Waals surface area contributed by atoms with Gasteiger partial charge in [0.25, 0.3) is 5.69 Å². The van der Waals surface area contributed by atoms with E-state index >= 15 is 0 Å². The SMILES string of the molecule is O=C(O)C/C(=C/C(=O)Nc1ccc([N+](=O)[O-])cc1)C(=O)O. The van der Waals surface area contributed by atoms with Crippen molar-refractivity contribution in [2.45, 2.75) is 6.42 Å². The van der Waals surface area contributed by atoms with E-state index in [4.69, 9.17) is 10.2 Å². The Morgan fingerprint density at radius 2 is 1.76 bits per heavy atom. The smallest absolute Gasteiger partial charge is 0.332 e. The average molecular weight is 294 g/mol. The van der Waals surface area contributed by atoms with Gasteiger partial charge in [-0.15, -0.1) is 0 Å². The quantitative estimate of drug-likeness (QED) is 0.403. The van der Waals surface area contributed by atoms with Gasteiger partial charge >= 0.3 is 11.9 Å². The van der Waals surface area contributed by atoms with Crippen LogP contribution in [0.3, 0.4) is 0 Å². The number of nitrogens with zero attached hydrogens (tertiary/aromatic N) is 1. The van der Waals surface area contributed by atoms with Gasteiger partial charge < -0.3 is 15.5 Å². The topological polar surface area (TPSA) is 147 Å². The first-order valence-corrected chi connectivity index (χ1v) is 5.50. The van der Waals surface area contributed by atoms with Gasteiger partial charge in [0, 0.05) is 23.9 Å². The van der Waals surface area contributed by atoms with Crippen LogP contribution in [-0.2, 0) is 14.4 Å². The summed E-state index contributed by atoms with van der Waals surface area (Å²) in [5.41, 5.74) is -0.538. The van der Waals surface area contributed by atoms with Crippen molar-refractivity contribution in [3.8, 4) is 0 Å². The third-order valence-corrected chi connectivity index (χ3v) is 2.27. The molecule has 0 atom stereocenters. The molecule has 9 heteroatoms. The first-order valence-electron chi connectivity index (χ1n) is 5.50. The fourth-order valence-electron chi connectivity index (χ4n) is 1.35. The Kier molecular flexibility index (Phi) is 5.12. The number of anilines is 1. The molecule has 1 rings (SSSR count). The zero-order valence-electron chi connectivity index (χ0n) is 10.5. The van der Waals surface area contributed by atoms with E-state index in [0.29, 0.717) is 6.08 Å². The molecule has 0 heterocycles. The van der Waals surface area contributed by atoms with Crippen LogP contribution in [0.5, 0.6) is 0 Å². The second-order valence-electron chi connectivity index (χ2n) is 3.84. The molecule has 0 spiro atoms. The molecule has 1 aromatic carbocycles. The molecule has 0 aliphatic rings. The van der Waals surface area contributed by atoms with Gasteiger partial charge in [0.1, 0.15) is 0 Å². The molecule has 0 aliphatic carbocycles. The third-order valence-electron chi connectivity index (χ3n) is 2.27. The summed E-state index contributed by atoms with van der Waals surface area (Å²) in [6.45, 7) is 0. The molecule has 0 saturated heterocycles. The Labute approximate surface area is 117 Å². The van der Waals surface area contributed by atoms with Crippen molar-refractivity contribution in [3.63, 3.8) is 0 Å². The van der Waals surface area contributed by atoms with E-state index in [-0.39, 0.29) is 11.4 Å². The van der Waals surface area contributed by atoms with Crippen molar-refractivity contribution in [1.82, 2.24) is 0 Å². The molecule has 0 bridgehead atoms. The van der Waals surface area contributed by atoms with E-state index in [1.54, 1.807) is 0 Å². The van der Waals surface area contributed by atoms with E-state index in [0.717, 1.165) is 12.1 Å². The minimum absolute atomic E-state index is 0.166. The van der Waals surface area contributed by atoms with Gasteiger partial charge in [0.15, 0.2) is 0 Å². The Morgan fingerprint density at radius 3 is 2.19 bits per heavy atom. The van der Waals surface area contributed by atoms with Crippen molar-refractivity contribution < 1.29 is 29.5 Å². The normalized spacial score (nSPS) is 10.8. The van der Waals surface area contributed by atoms with E-state index in [9.17, 15) is 24.5 Å². The van der Waals surface area contributed by atoms with E-state index < -0.39 is 34.8 Å². The molecule has 0 fully saturated rings. The number of carboxylic acid groups (broad SMARTS) is 2. The summed E-state index contributed by atoms with van der Waals surface area (Å²) in [5, 5.41) is 30.0. The van der Waals surface area contributed by atoms with Crippen LogP contribution in [0.15, 0.2) is 35.9 Å². The summed E-state index contributed by atoms with van der Waals surface area (Å²) in [6.07, 6.45) is -0.152. The summed E-state index contributed by atoms with van der Waals surface area (Å²) in [4.78, 5) is 42.6. The van der Waals surface area contributed by atoms with Crippen molar-refractivity contribution in [3.05, 3.63) is 46.0 Å². The first kappa shape index (κ1) is 15.8. The Hall–Kier alpha value is -3.23. The van der Waals surface area contributed by atoms with Gasteiger partial charge in [0.2, 0.25) is 5.91 Å². The van der Waals surface area contributed by atoms with Crippen LogP contribution >= 0.6 is 0 Å². The van der Waals surface area contributed by atoms with Crippen LogP contribution in [0.1, 0.15) is 6.42 Å². The highest BCUT2D eigenvalue weighted by atomic mass is 16.6. The number of amides is 1. The predicted octanol–water partition coefficient (Wildman–Crippen LogP) is 1.02. The molecule has 1 aromatic rings. The molecule has 1 amide bonds. The maximum Gasteiger partial charge on any atom is 0.332 e. The maximum absolute atomic E-state index is 11.5. The van der Waals surface area contributed by atoms with Crippen molar-refractivity contribution in [2.24, 2.45) is 0 Å². The number of hydrogen-bond acceptors (Lipinski definition) is 5. The van der Waals surface area contributed by atoms with Crippen LogP contribution in [-0.4, -0.2) is 33.0 Å². The lowest BCUT2D eigenvalue weighted by Gasteiger charge is -2.03. The van der Waals surface area contributed by atoms with E-state index in [2.05, 4.69) is 5.32 Å². The molecule has 0 aromatic heterocycles. The number of nitro benzene ring substituents is 1. The number of carbonyl (C=O) groups is 3. The largest absolute Gasteiger partial charge is 0.481 e. The van der Waals surface area contributed by atoms with Crippen molar-refractivity contribution in [1.29, 1.82) is 0 Å². The molecule has 0 saturated carbocycles.